The molecule has 7 nitrogen and oxygen atoms in total. The molecule has 0 bridgehead atoms. The van der Waals surface area contributed by atoms with Gasteiger partial charge in [-0.05, 0) is 31.2 Å². The van der Waals surface area contributed by atoms with Gasteiger partial charge in [0.1, 0.15) is 18.5 Å². The van der Waals surface area contributed by atoms with Crippen molar-refractivity contribution in [3.63, 3.8) is 0 Å². The van der Waals surface area contributed by atoms with E-state index in [-0.39, 0.29) is 12.3 Å². The Hall–Kier alpha value is -3.55. The first-order valence-electron chi connectivity index (χ1n) is 8.32. The Morgan fingerprint density at radius 2 is 1.96 bits per heavy atom. The Morgan fingerprint density at radius 3 is 2.74 bits per heavy atom. The molecule has 1 amide bonds. The van der Waals surface area contributed by atoms with Gasteiger partial charge in [-0.1, -0.05) is 29.4 Å². The molecule has 0 saturated carbocycles. The minimum absolute atomic E-state index is 0.172. The maximum atomic E-state index is 14.0. The van der Waals surface area contributed by atoms with Gasteiger partial charge in [-0.25, -0.2) is 4.39 Å². The monoisotopic (exact) mass is 365 g/mol. The largest absolute Gasteiger partial charge is 0.379 e. The molecule has 0 spiro atoms. The van der Waals surface area contributed by atoms with E-state index >= 15 is 0 Å². The first-order valence-corrected chi connectivity index (χ1v) is 8.32. The fraction of sp³-hybridized carbons (Fsp3) is 0.158. The Bertz CT molecular complexity index is 1020. The summed E-state index contributed by atoms with van der Waals surface area (Å²) < 4.78 is 15.7. The summed E-state index contributed by atoms with van der Waals surface area (Å²) in [6.45, 7) is 1.63. The Morgan fingerprint density at radius 1 is 1.19 bits per heavy atom. The van der Waals surface area contributed by atoms with Gasteiger partial charge in [0.2, 0.25) is 5.60 Å². The van der Waals surface area contributed by atoms with Crippen LogP contribution in [0.3, 0.4) is 0 Å². The molecule has 27 heavy (non-hydrogen) atoms. The highest BCUT2D eigenvalue weighted by Gasteiger charge is 2.42. The van der Waals surface area contributed by atoms with Gasteiger partial charge in [-0.3, -0.25) is 9.36 Å². The van der Waals surface area contributed by atoms with Crippen LogP contribution in [0.25, 0.3) is 5.69 Å². The number of rotatable bonds is 4. The Labute approximate surface area is 154 Å². The molecule has 0 radical (unpaired) electrons. The van der Waals surface area contributed by atoms with Gasteiger partial charge >= 0.3 is 0 Å². The third-order valence-electron chi connectivity index (χ3n) is 4.35. The number of carbonyl (C=O) groups excluding carboxylic acids is 1. The number of hydrogen-bond acceptors (Lipinski definition) is 5. The molecule has 0 saturated heterocycles. The van der Waals surface area contributed by atoms with Crippen LogP contribution in [0, 0.1) is 5.82 Å². The van der Waals surface area contributed by atoms with E-state index in [2.05, 4.69) is 20.7 Å². The van der Waals surface area contributed by atoms with Gasteiger partial charge in [-0.2, -0.15) is 0 Å². The molecule has 136 valence electrons. The smallest absolute Gasteiger partial charge is 0.271 e. The second-order valence-corrected chi connectivity index (χ2v) is 6.39. The van der Waals surface area contributed by atoms with Crippen LogP contribution in [-0.4, -0.2) is 32.0 Å². The predicted molar refractivity (Wildman–Crippen MR) is 97.0 cm³/mol. The molecular formula is C19H16FN5O2. The Balaban J connectivity index is 1.49. The van der Waals surface area contributed by atoms with E-state index in [4.69, 9.17) is 4.84 Å². The highest BCUT2D eigenvalue weighted by atomic mass is 19.1. The van der Waals surface area contributed by atoms with Crippen LogP contribution >= 0.6 is 0 Å². The number of nitrogens with zero attached hydrogens (tertiary/aromatic N) is 4. The van der Waals surface area contributed by atoms with Crippen molar-refractivity contribution in [3.05, 3.63) is 72.6 Å². The summed E-state index contributed by atoms with van der Waals surface area (Å²) in [6, 6.07) is 13.5. The van der Waals surface area contributed by atoms with Crippen LogP contribution in [-0.2, 0) is 9.63 Å². The highest BCUT2D eigenvalue weighted by Crippen LogP contribution is 2.29. The average Bonchev–Trinajstić information content (AvgIpc) is 3.33. The molecule has 4 rings (SSSR count). The second-order valence-electron chi connectivity index (χ2n) is 6.39. The zero-order valence-electron chi connectivity index (χ0n) is 14.5. The summed E-state index contributed by atoms with van der Waals surface area (Å²) in [5.74, 6) is -0.760. The van der Waals surface area contributed by atoms with Crippen molar-refractivity contribution >= 4 is 17.3 Å². The van der Waals surface area contributed by atoms with E-state index in [0.29, 0.717) is 17.0 Å². The van der Waals surface area contributed by atoms with Crippen molar-refractivity contribution in [1.82, 2.24) is 14.8 Å². The summed E-state index contributed by atoms with van der Waals surface area (Å²) in [4.78, 5) is 18.1. The molecule has 1 N–H and O–H groups in total. The van der Waals surface area contributed by atoms with E-state index in [1.807, 2.05) is 12.1 Å². The summed E-state index contributed by atoms with van der Waals surface area (Å²) in [6.07, 6.45) is 3.30. The number of anilines is 1. The van der Waals surface area contributed by atoms with Crippen molar-refractivity contribution in [2.75, 3.05) is 5.32 Å². The van der Waals surface area contributed by atoms with Gasteiger partial charge in [-0.15, -0.1) is 10.2 Å². The molecule has 1 aliphatic rings. The number of oxime groups is 1. The van der Waals surface area contributed by atoms with Crippen molar-refractivity contribution in [1.29, 1.82) is 0 Å². The molecule has 8 heteroatoms. The zero-order valence-corrected chi connectivity index (χ0v) is 14.5. The number of carbonyl (C=O) groups is 1. The summed E-state index contributed by atoms with van der Waals surface area (Å²) >= 11 is 0. The number of hydrogen-bond donors (Lipinski definition) is 1. The fourth-order valence-electron chi connectivity index (χ4n) is 2.84. The number of nitrogens with one attached hydrogen (secondary N) is 1. The summed E-state index contributed by atoms with van der Waals surface area (Å²) in [7, 11) is 0. The van der Waals surface area contributed by atoms with Crippen LogP contribution in [0.1, 0.15) is 18.9 Å². The van der Waals surface area contributed by atoms with Crippen molar-refractivity contribution in [2.45, 2.75) is 18.9 Å². The van der Waals surface area contributed by atoms with Gasteiger partial charge in [0.05, 0.1) is 11.4 Å². The molecule has 2 aromatic carbocycles. The third kappa shape index (κ3) is 3.29. The molecule has 3 aromatic rings. The van der Waals surface area contributed by atoms with Gasteiger partial charge in [0.15, 0.2) is 0 Å². The minimum atomic E-state index is -1.22. The molecule has 1 unspecified atom stereocenters. The molecule has 1 aromatic heterocycles. The maximum Gasteiger partial charge on any atom is 0.271 e. The van der Waals surface area contributed by atoms with Crippen molar-refractivity contribution in [2.24, 2.45) is 5.16 Å². The second kappa shape index (κ2) is 6.64. The quantitative estimate of drug-likeness (QED) is 0.771. The van der Waals surface area contributed by atoms with E-state index in [0.717, 1.165) is 5.69 Å². The zero-order chi connectivity index (χ0) is 18.9. The van der Waals surface area contributed by atoms with E-state index in [9.17, 15) is 9.18 Å². The van der Waals surface area contributed by atoms with Crippen LogP contribution < -0.4 is 5.32 Å². The summed E-state index contributed by atoms with van der Waals surface area (Å²) in [5, 5.41) is 14.3. The molecule has 1 aliphatic heterocycles. The molecular weight excluding hydrogens is 349 g/mol. The number of halogens is 1. The number of benzene rings is 2. The van der Waals surface area contributed by atoms with E-state index in [1.165, 1.54) is 6.07 Å². The maximum absolute atomic E-state index is 14.0. The van der Waals surface area contributed by atoms with Crippen LogP contribution in [0.2, 0.25) is 0 Å². The number of amides is 1. The Kier molecular flexibility index (Phi) is 4.15. The van der Waals surface area contributed by atoms with Crippen molar-refractivity contribution in [3.8, 4) is 5.69 Å². The predicted octanol–water partition coefficient (Wildman–Crippen LogP) is 2.93. The lowest BCUT2D eigenvalue weighted by Gasteiger charge is -2.20. The fourth-order valence-corrected chi connectivity index (χ4v) is 2.84. The third-order valence-corrected chi connectivity index (χ3v) is 4.35. The molecule has 0 fully saturated rings. The standard InChI is InChI=1S/C19H16FN5O2/c1-19(10-17(24-27-19)15-7-2-3-8-16(15)20)18(26)23-13-5-4-6-14(9-13)25-11-21-22-12-25/h2-9,11-12H,10H2,1H3,(H,23,26). The van der Waals surface area contributed by atoms with E-state index in [1.54, 1.807) is 54.5 Å². The lowest BCUT2D eigenvalue weighted by Crippen LogP contribution is -2.40. The van der Waals surface area contributed by atoms with Crippen LogP contribution in [0.15, 0.2) is 66.3 Å². The summed E-state index contributed by atoms with van der Waals surface area (Å²) in [5.41, 5.74) is 0.922. The normalized spacial score (nSPS) is 18.7. The van der Waals surface area contributed by atoms with E-state index < -0.39 is 11.4 Å². The van der Waals surface area contributed by atoms with Crippen molar-refractivity contribution < 1.29 is 14.0 Å². The van der Waals surface area contributed by atoms with Gasteiger partial charge < -0.3 is 10.2 Å². The molecule has 1 atom stereocenters. The van der Waals surface area contributed by atoms with Crippen LogP contribution in [0.4, 0.5) is 10.1 Å². The lowest BCUT2D eigenvalue weighted by atomic mass is 9.95. The minimum Gasteiger partial charge on any atom is -0.379 e. The number of aromatic nitrogens is 3. The first kappa shape index (κ1) is 16.9. The topological polar surface area (TPSA) is 81.4 Å². The first-order chi connectivity index (χ1) is 13.0. The SMILES string of the molecule is CC1(C(=O)Nc2cccc(-n3cnnc3)c2)CC(c2ccccc2F)=NO1. The molecule has 0 aliphatic carbocycles. The van der Waals surface area contributed by atoms with Gasteiger partial charge in [0, 0.05) is 17.7 Å². The highest BCUT2D eigenvalue weighted by molar-refractivity contribution is 6.08. The molecule has 2 heterocycles. The van der Waals surface area contributed by atoms with Gasteiger partial charge in [0.25, 0.3) is 5.91 Å². The average molecular weight is 365 g/mol. The van der Waals surface area contributed by atoms with Crippen LogP contribution in [0.5, 0.6) is 0 Å². The lowest BCUT2D eigenvalue weighted by molar-refractivity contribution is -0.135.